The number of benzene rings is 1. The van der Waals surface area contributed by atoms with Crippen molar-refractivity contribution in [3.8, 4) is 5.69 Å². The van der Waals surface area contributed by atoms with Crippen LogP contribution in [0.1, 0.15) is 53.8 Å². The molecule has 3 rings (SSSR count). The molecule has 0 bridgehead atoms. The molecule has 0 atom stereocenters. The fourth-order valence-electron chi connectivity index (χ4n) is 3.49. The van der Waals surface area contributed by atoms with E-state index in [4.69, 9.17) is 11.6 Å². The van der Waals surface area contributed by atoms with E-state index in [0.29, 0.717) is 11.1 Å². The summed E-state index contributed by atoms with van der Waals surface area (Å²) in [6.07, 6.45) is 5.92. The van der Waals surface area contributed by atoms with E-state index in [1.165, 1.54) is 19.3 Å². The minimum absolute atomic E-state index is 0.0465. The van der Waals surface area contributed by atoms with Gasteiger partial charge in [0, 0.05) is 28.1 Å². The van der Waals surface area contributed by atoms with Crippen LogP contribution >= 0.6 is 11.6 Å². The van der Waals surface area contributed by atoms with Crippen molar-refractivity contribution >= 4 is 17.5 Å². The molecular weight excluding hydrogens is 308 g/mol. The summed E-state index contributed by atoms with van der Waals surface area (Å²) in [7, 11) is 0. The summed E-state index contributed by atoms with van der Waals surface area (Å²) >= 11 is 5.97. The Morgan fingerprint density at radius 1 is 1.13 bits per heavy atom. The van der Waals surface area contributed by atoms with Crippen molar-refractivity contribution in [3.63, 3.8) is 0 Å². The minimum atomic E-state index is 0.0465. The average Bonchev–Trinajstić information content (AvgIpc) is 2.84. The molecule has 0 radical (unpaired) electrons. The number of amides is 1. The van der Waals surface area contributed by atoms with E-state index >= 15 is 0 Å². The number of carbonyl (C=O) groups excluding carboxylic acids is 1. The first-order valence-corrected chi connectivity index (χ1v) is 8.70. The maximum Gasteiger partial charge on any atom is 0.253 e. The molecule has 1 fully saturated rings. The number of halogens is 1. The Bertz CT molecular complexity index is 697. The van der Waals surface area contributed by atoms with E-state index in [9.17, 15) is 4.79 Å². The van der Waals surface area contributed by atoms with Gasteiger partial charge in [-0.3, -0.25) is 4.79 Å². The normalized spacial score (nSPS) is 15.6. The molecule has 0 spiro atoms. The average molecular weight is 331 g/mol. The Balaban J connectivity index is 1.85. The summed E-state index contributed by atoms with van der Waals surface area (Å²) in [5, 5.41) is 3.92. The van der Waals surface area contributed by atoms with Crippen molar-refractivity contribution in [1.82, 2.24) is 9.88 Å². The highest BCUT2D eigenvalue weighted by molar-refractivity contribution is 6.30. The molecule has 4 heteroatoms. The second-order valence-electron chi connectivity index (χ2n) is 6.41. The predicted octanol–water partition coefficient (Wildman–Crippen LogP) is 4.81. The van der Waals surface area contributed by atoms with E-state index in [1.54, 1.807) is 0 Å². The van der Waals surface area contributed by atoms with Gasteiger partial charge in [0.1, 0.15) is 0 Å². The van der Waals surface area contributed by atoms with Gasteiger partial charge >= 0.3 is 0 Å². The van der Waals surface area contributed by atoms with Crippen LogP contribution < -0.4 is 5.32 Å². The van der Waals surface area contributed by atoms with Gasteiger partial charge in [0.25, 0.3) is 5.91 Å². The van der Waals surface area contributed by atoms with Gasteiger partial charge < -0.3 is 9.88 Å². The molecule has 1 saturated carbocycles. The van der Waals surface area contributed by atoms with Crippen LogP contribution in [0.4, 0.5) is 0 Å². The number of rotatable bonds is 3. The minimum Gasteiger partial charge on any atom is -0.349 e. The highest BCUT2D eigenvalue weighted by Crippen LogP contribution is 2.23. The quantitative estimate of drug-likeness (QED) is 0.861. The van der Waals surface area contributed by atoms with Crippen molar-refractivity contribution in [2.75, 3.05) is 0 Å². The smallest absolute Gasteiger partial charge is 0.253 e. The van der Waals surface area contributed by atoms with Crippen molar-refractivity contribution in [3.05, 3.63) is 52.3 Å². The van der Waals surface area contributed by atoms with E-state index in [2.05, 4.69) is 9.88 Å². The van der Waals surface area contributed by atoms with Crippen LogP contribution in [0.15, 0.2) is 30.3 Å². The van der Waals surface area contributed by atoms with Gasteiger partial charge in [0.05, 0.1) is 5.56 Å². The maximum absolute atomic E-state index is 12.6. The van der Waals surface area contributed by atoms with Crippen molar-refractivity contribution < 1.29 is 4.79 Å². The molecule has 122 valence electrons. The first kappa shape index (κ1) is 16.1. The summed E-state index contributed by atoms with van der Waals surface area (Å²) in [5.74, 6) is 0.0465. The Kier molecular flexibility index (Phi) is 4.76. The number of nitrogens with zero attached hydrogens (tertiary/aromatic N) is 1. The molecule has 23 heavy (non-hydrogen) atoms. The lowest BCUT2D eigenvalue weighted by atomic mass is 9.95. The fraction of sp³-hybridized carbons (Fsp3) is 0.421. The predicted molar refractivity (Wildman–Crippen MR) is 94.6 cm³/mol. The van der Waals surface area contributed by atoms with Gasteiger partial charge in [-0.2, -0.15) is 0 Å². The first-order chi connectivity index (χ1) is 11.1. The number of hydrogen-bond donors (Lipinski definition) is 1. The zero-order valence-corrected chi connectivity index (χ0v) is 14.5. The highest BCUT2D eigenvalue weighted by Gasteiger charge is 2.20. The molecule has 1 amide bonds. The van der Waals surface area contributed by atoms with E-state index in [1.807, 2.05) is 44.2 Å². The van der Waals surface area contributed by atoms with E-state index < -0.39 is 0 Å². The SMILES string of the molecule is Cc1cc(C(=O)NC2CCCCC2)c(C)n1-c1ccc(Cl)cc1. The topological polar surface area (TPSA) is 34.0 Å². The van der Waals surface area contributed by atoms with Crippen LogP contribution in [0.2, 0.25) is 5.02 Å². The van der Waals surface area contributed by atoms with Crippen molar-refractivity contribution in [1.29, 1.82) is 0 Å². The molecule has 0 aliphatic heterocycles. The summed E-state index contributed by atoms with van der Waals surface area (Å²) in [5.41, 5.74) is 3.82. The van der Waals surface area contributed by atoms with Gasteiger partial charge in [-0.15, -0.1) is 0 Å². The van der Waals surface area contributed by atoms with Crippen LogP contribution in [-0.4, -0.2) is 16.5 Å². The van der Waals surface area contributed by atoms with Crippen LogP contribution in [0.5, 0.6) is 0 Å². The van der Waals surface area contributed by atoms with E-state index in [-0.39, 0.29) is 5.91 Å². The van der Waals surface area contributed by atoms with Gasteiger partial charge in [-0.1, -0.05) is 30.9 Å². The second-order valence-corrected chi connectivity index (χ2v) is 6.84. The summed E-state index contributed by atoms with van der Waals surface area (Å²) in [6.45, 7) is 4.02. The Morgan fingerprint density at radius 2 is 1.78 bits per heavy atom. The monoisotopic (exact) mass is 330 g/mol. The molecule has 1 N–H and O–H groups in total. The third-order valence-corrected chi connectivity index (χ3v) is 4.95. The zero-order valence-electron chi connectivity index (χ0n) is 13.7. The molecule has 1 heterocycles. The molecule has 1 aliphatic carbocycles. The first-order valence-electron chi connectivity index (χ1n) is 8.32. The van der Waals surface area contributed by atoms with Gasteiger partial charge in [-0.25, -0.2) is 0 Å². The summed E-state index contributed by atoms with van der Waals surface area (Å²) < 4.78 is 2.10. The number of aryl methyl sites for hydroxylation is 1. The third-order valence-electron chi connectivity index (χ3n) is 4.70. The number of hydrogen-bond acceptors (Lipinski definition) is 1. The zero-order chi connectivity index (χ0) is 16.4. The molecule has 0 unspecified atom stereocenters. The number of carbonyl (C=O) groups is 1. The van der Waals surface area contributed by atoms with E-state index in [0.717, 1.165) is 35.5 Å². The largest absolute Gasteiger partial charge is 0.349 e. The van der Waals surface area contributed by atoms with Crippen molar-refractivity contribution in [2.45, 2.75) is 52.0 Å². The second kappa shape index (κ2) is 6.79. The lowest BCUT2D eigenvalue weighted by Crippen LogP contribution is -2.36. The molecule has 1 aromatic carbocycles. The van der Waals surface area contributed by atoms with Gasteiger partial charge in [0.15, 0.2) is 0 Å². The summed E-state index contributed by atoms with van der Waals surface area (Å²) in [4.78, 5) is 12.6. The number of aromatic nitrogens is 1. The lowest BCUT2D eigenvalue weighted by molar-refractivity contribution is 0.0927. The number of nitrogens with one attached hydrogen (secondary N) is 1. The highest BCUT2D eigenvalue weighted by atomic mass is 35.5. The van der Waals surface area contributed by atoms with Crippen LogP contribution in [0, 0.1) is 13.8 Å². The molecule has 1 aromatic heterocycles. The molecule has 0 saturated heterocycles. The molecule has 3 nitrogen and oxygen atoms in total. The Labute approximate surface area is 142 Å². The van der Waals surface area contributed by atoms with Gasteiger partial charge in [0.2, 0.25) is 0 Å². The van der Waals surface area contributed by atoms with Gasteiger partial charge in [-0.05, 0) is 57.0 Å². The Morgan fingerprint density at radius 3 is 2.43 bits per heavy atom. The fourth-order valence-corrected chi connectivity index (χ4v) is 3.62. The van der Waals surface area contributed by atoms with Crippen LogP contribution in [0.3, 0.4) is 0 Å². The lowest BCUT2D eigenvalue weighted by Gasteiger charge is -2.22. The third kappa shape index (κ3) is 3.45. The van der Waals surface area contributed by atoms with Crippen LogP contribution in [-0.2, 0) is 0 Å². The Hall–Kier alpha value is -1.74. The maximum atomic E-state index is 12.6. The molecule has 2 aromatic rings. The van der Waals surface area contributed by atoms with Crippen LogP contribution in [0.25, 0.3) is 5.69 Å². The molecular formula is C19H23ClN2O. The molecule has 1 aliphatic rings. The standard InChI is InChI=1S/C19H23ClN2O/c1-13-12-18(19(23)21-16-6-4-3-5-7-16)14(2)22(13)17-10-8-15(20)9-11-17/h8-12,16H,3-7H2,1-2H3,(H,21,23). The summed E-state index contributed by atoms with van der Waals surface area (Å²) in [6, 6.07) is 10.0. The van der Waals surface area contributed by atoms with Crippen molar-refractivity contribution in [2.24, 2.45) is 0 Å².